The minimum atomic E-state index is -0.446. The first-order valence-corrected chi connectivity index (χ1v) is 14.1. The maximum Gasteiger partial charge on any atom is 0.322 e. The molecule has 0 aliphatic heterocycles. The summed E-state index contributed by atoms with van der Waals surface area (Å²) >= 11 is 0. The first-order chi connectivity index (χ1) is 18.9. The molecule has 6 nitrogen and oxygen atoms in total. The van der Waals surface area contributed by atoms with Gasteiger partial charge in [0.1, 0.15) is 5.82 Å². The molecule has 1 atom stereocenters. The van der Waals surface area contributed by atoms with Crippen molar-refractivity contribution in [1.29, 1.82) is 0 Å². The maximum absolute atomic E-state index is 14.0. The van der Waals surface area contributed by atoms with E-state index in [9.17, 15) is 9.59 Å². The molecule has 1 heterocycles. The SMILES string of the molecule is CCCCCCN(C(=O)Nc1c(C)cccc1C)C(C)c1nc2ccccc2c(=O)n1-c1ccccc1CC. The van der Waals surface area contributed by atoms with E-state index >= 15 is 0 Å². The van der Waals surface area contributed by atoms with Gasteiger partial charge in [0.2, 0.25) is 0 Å². The zero-order valence-corrected chi connectivity index (χ0v) is 23.8. The molecule has 0 spiro atoms. The molecule has 0 saturated heterocycles. The largest absolute Gasteiger partial charge is 0.322 e. The van der Waals surface area contributed by atoms with Gasteiger partial charge in [-0.25, -0.2) is 9.78 Å². The minimum absolute atomic E-state index is 0.121. The van der Waals surface area contributed by atoms with Gasteiger partial charge in [-0.3, -0.25) is 9.36 Å². The molecule has 1 aromatic heterocycles. The Bertz CT molecular complexity index is 1490. The van der Waals surface area contributed by atoms with Crippen LogP contribution in [0, 0.1) is 13.8 Å². The van der Waals surface area contributed by atoms with Crippen LogP contribution in [-0.4, -0.2) is 27.0 Å². The Morgan fingerprint density at radius 2 is 1.62 bits per heavy atom. The van der Waals surface area contributed by atoms with Crippen LogP contribution in [0.25, 0.3) is 16.6 Å². The number of nitrogens with one attached hydrogen (secondary N) is 1. The molecule has 0 bridgehead atoms. The molecule has 4 aromatic rings. The van der Waals surface area contributed by atoms with E-state index in [0.717, 1.165) is 60.2 Å². The molecule has 1 unspecified atom stereocenters. The molecule has 3 aromatic carbocycles. The summed E-state index contributed by atoms with van der Waals surface area (Å²) in [5.41, 5.74) is 5.23. The van der Waals surface area contributed by atoms with Crippen LogP contribution in [0.5, 0.6) is 0 Å². The van der Waals surface area contributed by atoms with Crippen LogP contribution in [0.1, 0.15) is 75.0 Å². The van der Waals surface area contributed by atoms with Gasteiger partial charge in [0, 0.05) is 12.2 Å². The average molecular weight is 525 g/mol. The summed E-state index contributed by atoms with van der Waals surface area (Å²) in [5.74, 6) is 0.562. The number of rotatable bonds is 10. The minimum Gasteiger partial charge on any atom is -0.315 e. The average Bonchev–Trinajstić information content (AvgIpc) is 2.94. The Labute approximate surface area is 231 Å². The van der Waals surface area contributed by atoms with Gasteiger partial charge in [0.25, 0.3) is 5.56 Å². The molecule has 2 amide bonds. The van der Waals surface area contributed by atoms with Gasteiger partial charge in [0.15, 0.2) is 0 Å². The van der Waals surface area contributed by atoms with Crippen LogP contribution < -0.4 is 10.9 Å². The molecule has 0 radical (unpaired) electrons. The van der Waals surface area contributed by atoms with E-state index in [0.29, 0.717) is 23.3 Å². The summed E-state index contributed by atoms with van der Waals surface area (Å²) in [6.07, 6.45) is 4.92. The van der Waals surface area contributed by atoms with Crippen LogP contribution in [0.4, 0.5) is 10.5 Å². The van der Waals surface area contributed by atoms with E-state index in [1.807, 2.05) is 92.4 Å². The van der Waals surface area contributed by atoms with E-state index in [1.54, 1.807) is 4.57 Å². The van der Waals surface area contributed by atoms with Crippen molar-refractivity contribution in [1.82, 2.24) is 14.5 Å². The number of fused-ring (bicyclic) bond motifs is 1. The summed E-state index contributed by atoms with van der Waals surface area (Å²) < 4.78 is 1.72. The lowest BCUT2D eigenvalue weighted by molar-refractivity contribution is 0.187. The van der Waals surface area contributed by atoms with Crippen molar-refractivity contribution in [3.05, 3.63) is 99.6 Å². The fourth-order valence-electron chi connectivity index (χ4n) is 5.20. The van der Waals surface area contributed by atoms with Gasteiger partial charge < -0.3 is 10.2 Å². The number of carbonyl (C=O) groups excluding carboxylic acids is 1. The topological polar surface area (TPSA) is 67.2 Å². The van der Waals surface area contributed by atoms with Crippen LogP contribution >= 0.6 is 0 Å². The number of amides is 2. The summed E-state index contributed by atoms with van der Waals surface area (Å²) in [7, 11) is 0. The number of urea groups is 1. The fraction of sp³-hybridized carbons (Fsp3) is 0.364. The molecule has 0 fully saturated rings. The highest BCUT2D eigenvalue weighted by molar-refractivity contribution is 5.91. The van der Waals surface area contributed by atoms with Crippen molar-refractivity contribution >= 4 is 22.6 Å². The Hall–Kier alpha value is -3.93. The molecule has 0 saturated carbocycles. The molecule has 6 heteroatoms. The van der Waals surface area contributed by atoms with E-state index in [2.05, 4.69) is 19.2 Å². The Morgan fingerprint density at radius 3 is 2.33 bits per heavy atom. The number of carbonyl (C=O) groups is 1. The number of benzene rings is 3. The number of hydrogen-bond acceptors (Lipinski definition) is 3. The second-order valence-electron chi connectivity index (χ2n) is 10.2. The van der Waals surface area contributed by atoms with Crippen molar-refractivity contribution in [2.45, 2.75) is 72.8 Å². The van der Waals surface area contributed by atoms with Crippen molar-refractivity contribution < 1.29 is 4.79 Å². The van der Waals surface area contributed by atoms with Gasteiger partial charge >= 0.3 is 6.03 Å². The highest BCUT2D eigenvalue weighted by Crippen LogP contribution is 2.27. The first kappa shape index (κ1) is 28.1. The molecule has 204 valence electrons. The smallest absolute Gasteiger partial charge is 0.315 e. The molecular weight excluding hydrogens is 484 g/mol. The lowest BCUT2D eigenvalue weighted by atomic mass is 10.1. The number of anilines is 1. The predicted octanol–water partition coefficient (Wildman–Crippen LogP) is 7.74. The van der Waals surface area contributed by atoms with Crippen LogP contribution in [-0.2, 0) is 6.42 Å². The monoisotopic (exact) mass is 524 g/mol. The summed E-state index contributed by atoms with van der Waals surface area (Å²) in [4.78, 5) is 34.8. The Morgan fingerprint density at radius 1 is 0.923 bits per heavy atom. The van der Waals surface area contributed by atoms with E-state index < -0.39 is 6.04 Å². The maximum atomic E-state index is 14.0. The molecule has 0 aliphatic rings. The molecule has 0 aliphatic carbocycles. The third-order valence-electron chi connectivity index (χ3n) is 7.48. The number of hydrogen-bond donors (Lipinski definition) is 1. The lowest BCUT2D eigenvalue weighted by Gasteiger charge is -2.31. The number of unbranched alkanes of at least 4 members (excludes halogenated alkanes) is 3. The zero-order valence-electron chi connectivity index (χ0n) is 23.8. The summed E-state index contributed by atoms with van der Waals surface area (Å²) in [5, 5.41) is 3.74. The predicted molar refractivity (Wildman–Crippen MR) is 161 cm³/mol. The second-order valence-corrected chi connectivity index (χ2v) is 10.2. The van der Waals surface area contributed by atoms with E-state index in [-0.39, 0.29) is 11.6 Å². The van der Waals surface area contributed by atoms with Crippen LogP contribution in [0.2, 0.25) is 0 Å². The van der Waals surface area contributed by atoms with Crippen LogP contribution in [0.15, 0.2) is 71.5 Å². The van der Waals surface area contributed by atoms with Crippen molar-refractivity contribution in [3.8, 4) is 5.69 Å². The fourth-order valence-corrected chi connectivity index (χ4v) is 5.20. The van der Waals surface area contributed by atoms with Gasteiger partial charge in [-0.15, -0.1) is 0 Å². The van der Waals surface area contributed by atoms with Crippen molar-refractivity contribution in [3.63, 3.8) is 0 Å². The second kappa shape index (κ2) is 12.7. The molecule has 4 rings (SSSR count). The van der Waals surface area contributed by atoms with E-state index in [1.165, 1.54) is 0 Å². The Kier molecular flexibility index (Phi) is 9.18. The summed E-state index contributed by atoms with van der Waals surface area (Å²) in [6.45, 7) is 10.8. The highest BCUT2D eigenvalue weighted by atomic mass is 16.2. The first-order valence-electron chi connectivity index (χ1n) is 14.1. The van der Waals surface area contributed by atoms with Gasteiger partial charge in [-0.2, -0.15) is 0 Å². The van der Waals surface area contributed by atoms with Gasteiger partial charge in [-0.1, -0.05) is 81.6 Å². The number of aromatic nitrogens is 2. The summed E-state index contributed by atoms with van der Waals surface area (Å²) in [6, 6.07) is 20.8. The van der Waals surface area contributed by atoms with Crippen molar-refractivity contribution in [2.75, 3.05) is 11.9 Å². The third kappa shape index (κ3) is 6.06. The van der Waals surface area contributed by atoms with Crippen LogP contribution in [0.3, 0.4) is 0 Å². The van der Waals surface area contributed by atoms with Crippen molar-refractivity contribution in [2.24, 2.45) is 0 Å². The molecule has 39 heavy (non-hydrogen) atoms. The molecular formula is C33H40N4O2. The Balaban J connectivity index is 1.85. The standard InChI is InChI=1S/C33H40N4O2/c1-6-8-9-14-22-36(33(39)35-30-23(3)16-15-17-24(30)4)25(5)31-34-28-20-12-11-19-27(28)32(38)37(31)29-21-13-10-18-26(29)7-2/h10-13,15-21,25H,6-9,14,22H2,1-5H3,(H,35,39). The zero-order chi connectivity index (χ0) is 27.9. The number of nitrogens with zero attached hydrogens (tertiary/aromatic N) is 3. The molecule has 1 N–H and O–H groups in total. The quantitative estimate of drug-likeness (QED) is 0.216. The lowest BCUT2D eigenvalue weighted by Crippen LogP contribution is -2.40. The third-order valence-corrected chi connectivity index (χ3v) is 7.48. The van der Waals surface area contributed by atoms with Gasteiger partial charge in [0.05, 0.1) is 22.6 Å². The normalized spacial score (nSPS) is 11.9. The van der Waals surface area contributed by atoms with Gasteiger partial charge in [-0.05, 0) is 68.5 Å². The number of para-hydroxylation sites is 3. The highest BCUT2D eigenvalue weighted by Gasteiger charge is 2.28. The van der Waals surface area contributed by atoms with E-state index in [4.69, 9.17) is 4.98 Å². The number of aryl methyl sites for hydroxylation is 3.